The van der Waals surface area contributed by atoms with Gasteiger partial charge >= 0.3 is 0 Å². The predicted molar refractivity (Wildman–Crippen MR) is 112 cm³/mol. The molecule has 0 radical (unpaired) electrons. The Balaban J connectivity index is 1.55. The topological polar surface area (TPSA) is 60.9 Å². The third-order valence-electron chi connectivity index (χ3n) is 4.99. The number of nitrogens with zero attached hydrogens (tertiary/aromatic N) is 2. The van der Waals surface area contributed by atoms with Crippen LogP contribution in [0.4, 0.5) is 0 Å². The van der Waals surface area contributed by atoms with Gasteiger partial charge in [-0.15, -0.1) is 11.3 Å². The van der Waals surface area contributed by atoms with Crippen molar-refractivity contribution in [2.75, 3.05) is 27.9 Å². The minimum atomic E-state index is 0.0272. The van der Waals surface area contributed by atoms with E-state index in [-0.39, 0.29) is 5.91 Å². The van der Waals surface area contributed by atoms with Gasteiger partial charge in [-0.2, -0.15) is 0 Å². The molecule has 0 atom stereocenters. The molecule has 1 aromatic heterocycles. The zero-order valence-corrected chi connectivity index (χ0v) is 17.4. The highest BCUT2D eigenvalue weighted by atomic mass is 32.1. The van der Waals surface area contributed by atoms with Crippen molar-refractivity contribution < 1.29 is 19.0 Å². The summed E-state index contributed by atoms with van der Waals surface area (Å²) in [4.78, 5) is 20.7. The Morgan fingerprint density at radius 3 is 2.45 bits per heavy atom. The van der Waals surface area contributed by atoms with Crippen molar-refractivity contribution in [3.63, 3.8) is 0 Å². The molecule has 0 aliphatic carbocycles. The summed E-state index contributed by atoms with van der Waals surface area (Å²) in [7, 11) is 4.86. The zero-order chi connectivity index (χ0) is 20.4. The minimum absolute atomic E-state index is 0.0272. The lowest BCUT2D eigenvalue weighted by atomic mass is 10.1. The van der Waals surface area contributed by atoms with Crippen LogP contribution in [0.5, 0.6) is 17.2 Å². The van der Waals surface area contributed by atoms with Crippen molar-refractivity contribution in [1.29, 1.82) is 0 Å². The molecule has 0 fully saturated rings. The molecule has 2 heterocycles. The summed E-state index contributed by atoms with van der Waals surface area (Å²) in [6.07, 6.45) is 0.751. The average Bonchev–Trinajstić information content (AvgIpc) is 3.21. The molecule has 0 N–H and O–H groups in total. The largest absolute Gasteiger partial charge is 0.497 e. The molecule has 0 unspecified atom stereocenters. The maximum atomic E-state index is 12.9. The van der Waals surface area contributed by atoms with Crippen molar-refractivity contribution in [2.24, 2.45) is 0 Å². The van der Waals surface area contributed by atoms with E-state index in [4.69, 9.17) is 19.2 Å². The van der Waals surface area contributed by atoms with Gasteiger partial charge in [-0.3, -0.25) is 4.79 Å². The first-order valence-electron chi connectivity index (χ1n) is 9.27. The van der Waals surface area contributed by atoms with Gasteiger partial charge < -0.3 is 19.1 Å². The first kappa shape index (κ1) is 19.3. The molecule has 1 aliphatic heterocycles. The van der Waals surface area contributed by atoms with Crippen LogP contribution in [0.15, 0.2) is 42.5 Å². The second-order valence-electron chi connectivity index (χ2n) is 6.66. The summed E-state index contributed by atoms with van der Waals surface area (Å²) in [5.41, 5.74) is 2.72. The van der Waals surface area contributed by atoms with Crippen LogP contribution in [0.3, 0.4) is 0 Å². The van der Waals surface area contributed by atoms with E-state index >= 15 is 0 Å². The molecule has 0 bridgehead atoms. The van der Waals surface area contributed by atoms with Gasteiger partial charge in [-0.05, 0) is 42.5 Å². The first-order valence-corrected chi connectivity index (χ1v) is 10.1. The number of methoxy groups -OCH3 is 3. The number of hydrogen-bond donors (Lipinski definition) is 0. The van der Waals surface area contributed by atoms with Crippen LogP contribution in [-0.2, 0) is 13.0 Å². The number of hydrogen-bond acceptors (Lipinski definition) is 6. The van der Waals surface area contributed by atoms with Crippen molar-refractivity contribution in [3.8, 4) is 27.8 Å². The lowest BCUT2D eigenvalue weighted by Gasteiger charge is -2.26. The van der Waals surface area contributed by atoms with E-state index in [0.29, 0.717) is 30.2 Å². The fraction of sp³-hybridized carbons (Fsp3) is 0.273. The highest BCUT2D eigenvalue weighted by Gasteiger charge is 2.25. The lowest BCUT2D eigenvalue weighted by molar-refractivity contribution is 0.0736. The molecule has 1 aliphatic rings. The fourth-order valence-corrected chi connectivity index (χ4v) is 4.50. The van der Waals surface area contributed by atoms with Crippen LogP contribution in [0.2, 0.25) is 0 Å². The molecule has 29 heavy (non-hydrogen) atoms. The van der Waals surface area contributed by atoms with Gasteiger partial charge in [0.2, 0.25) is 0 Å². The number of ether oxygens (including phenoxy) is 3. The summed E-state index contributed by atoms with van der Waals surface area (Å²) >= 11 is 1.62. The van der Waals surface area contributed by atoms with Gasteiger partial charge in [0.1, 0.15) is 10.8 Å². The Kier molecular flexibility index (Phi) is 5.40. The Morgan fingerprint density at radius 1 is 1.00 bits per heavy atom. The van der Waals surface area contributed by atoms with Crippen LogP contribution in [0, 0.1) is 0 Å². The minimum Gasteiger partial charge on any atom is -0.497 e. The Hall–Kier alpha value is -3.06. The lowest BCUT2D eigenvalue weighted by Crippen LogP contribution is -2.35. The highest BCUT2D eigenvalue weighted by molar-refractivity contribution is 7.15. The van der Waals surface area contributed by atoms with Crippen molar-refractivity contribution in [1.82, 2.24) is 9.88 Å². The third-order valence-corrected chi connectivity index (χ3v) is 6.12. The fourth-order valence-electron chi connectivity index (χ4n) is 3.38. The highest BCUT2D eigenvalue weighted by Crippen LogP contribution is 2.36. The van der Waals surface area contributed by atoms with E-state index in [2.05, 4.69) is 0 Å². The molecule has 6 nitrogen and oxygen atoms in total. The van der Waals surface area contributed by atoms with Crippen LogP contribution < -0.4 is 14.2 Å². The molecule has 2 aromatic carbocycles. The van der Waals surface area contributed by atoms with Gasteiger partial charge in [0.05, 0.1) is 33.6 Å². The van der Waals surface area contributed by atoms with Gasteiger partial charge in [0.25, 0.3) is 5.91 Å². The number of carbonyl (C=O) groups is 1. The third kappa shape index (κ3) is 3.78. The quantitative estimate of drug-likeness (QED) is 0.635. The molecule has 0 saturated heterocycles. The maximum absolute atomic E-state index is 12.9. The summed E-state index contributed by atoms with van der Waals surface area (Å²) in [5.74, 6) is 2.13. The smallest absolute Gasteiger partial charge is 0.254 e. The molecule has 0 spiro atoms. The monoisotopic (exact) mass is 410 g/mol. The second-order valence-corrected chi connectivity index (χ2v) is 7.75. The number of thiazole rings is 1. The molecule has 3 aromatic rings. The van der Waals surface area contributed by atoms with E-state index in [9.17, 15) is 4.79 Å². The molecule has 7 heteroatoms. The number of rotatable bonds is 5. The first-order chi connectivity index (χ1) is 14.1. The predicted octanol–water partition coefficient (Wildman–Crippen LogP) is 4.03. The molecular weight excluding hydrogens is 388 g/mol. The van der Waals surface area contributed by atoms with Gasteiger partial charge in [0, 0.05) is 29.0 Å². The number of aromatic nitrogens is 1. The molecule has 150 valence electrons. The van der Waals surface area contributed by atoms with Crippen LogP contribution in [-0.4, -0.2) is 43.7 Å². The standard InChI is InChI=1S/C22H22N2O4S/c1-26-16-7-4-14(5-8-16)22(25)24-11-10-17-20(13-24)29-21(23-17)15-6-9-18(27-2)19(12-15)28-3/h4-9,12H,10-11,13H2,1-3H3. The van der Waals surface area contributed by atoms with Crippen LogP contribution >= 0.6 is 11.3 Å². The summed E-state index contributed by atoms with van der Waals surface area (Å²) in [6, 6.07) is 13.0. The number of benzene rings is 2. The SMILES string of the molecule is COc1ccc(C(=O)N2CCc3nc(-c4ccc(OC)c(OC)c4)sc3C2)cc1. The van der Waals surface area contributed by atoms with Gasteiger partial charge in [0.15, 0.2) is 11.5 Å². The number of carbonyl (C=O) groups excluding carboxylic acids is 1. The molecular formula is C22H22N2O4S. The summed E-state index contributed by atoms with van der Waals surface area (Å²) < 4.78 is 15.9. The van der Waals surface area contributed by atoms with Gasteiger partial charge in [-0.1, -0.05) is 0 Å². The molecule has 4 rings (SSSR count). The van der Waals surface area contributed by atoms with E-state index < -0.39 is 0 Å². The average molecular weight is 410 g/mol. The normalized spacial score (nSPS) is 13.0. The van der Waals surface area contributed by atoms with E-state index in [0.717, 1.165) is 33.3 Å². The molecule has 1 amide bonds. The number of fused-ring (bicyclic) bond motifs is 1. The summed E-state index contributed by atoms with van der Waals surface area (Å²) in [5, 5.41) is 0.926. The van der Waals surface area contributed by atoms with Crippen molar-refractivity contribution in [3.05, 3.63) is 58.6 Å². The van der Waals surface area contributed by atoms with Crippen molar-refractivity contribution >= 4 is 17.2 Å². The Bertz CT molecular complexity index is 1030. The Morgan fingerprint density at radius 2 is 1.76 bits per heavy atom. The summed E-state index contributed by atoms with van der Waals surface area (Å²) in [6.45, 7) is 1.23. The number of amides is 1. The Labute approximate surface area is 173 Å². The maximum Gasteiger partial charge on any atom is 0.254 e. The second kappa shape index (κ2) is 8.13. The van der Waals surface area contributed by atoms with E-state index in [1.54, 1.807) is 44.8 Å². The van der Waals surface area contributed by atoms with Crippen LogP contribution in [0.25, 0.3) is 10.6 Å². The van der Waals surface area contributed by atoms with E-state index in [1.807, 2.05) is 35.2 Å². The zero-order valence-electron chi connectivity index (χ0n) is 16.6. The van der Waals surface area contributed by atoms with Crippen LogP contribution in [0.1, 0.15) is 20.9 Å². The van der Waals surface area contributed by atoms with Crippen molar-refractivity contribution in [2.45, 2.75) is 13.0 Å². The van der Waals surface area contributed by atoms with Gasteiger partial charge in [-0.25, -0.2) is 4.98 Å². The molecule has 0 saturated carbocycles. The van der Waals surface area contributed by atoms with E-state index in [1.165, 1.54) is 0 Å².